The van der Waals surface area contributed by atoms with E-state index in [9.17, 15) is 12.8 Å². The minimum Gasteiger partial charge on any atom is -0.253 e. The molecular weight excluding hydrogens is 301 g/mol. The zero-order valence-electron chi connectivity index (χ0n) is 10.8. The Kier molecular flexibility index (Phi) is 4.15. The maximum Gasteiger partial charge on any atom is 0.203 e. The number of halogens is 1. The average molecular weight is 313 g/mol. The lowest BCUT2D eigenvalue weighted by Crippen LogP contribution is -2.05. The van der Waals surface area contributed by atoms with Gasteiger partial charge in [-0.2, -0.15) is 5.10 Å². The Labute approximate surface area is 120 Å². The van der Waals surface area contributed by atoms with Crippen LogP contribution in [-0.2, 0) is 9.84 Å². The molecule has 0 aliphatic heterocycles. The van der Waals surface area contributed by atoms with Crippen molar-refractivity contribution in [3.8, 4) is 0 Å². The molecule has 106 valence electrons. The summed E-state index contributed by atoms with van der Waals surface area (Å²) >= 11 is 1.37. The number of hydrazone groups is 1. The number of rotatable bonds is 4. The van der Waals surface area contributed by atoms with Gasteiger partial charge in [0.2, 0.25) is 5.13 Å². The van der Waals surface area contributed by atoms with Crippen LogP contribution in [0, 0.1) is 12.7 Å². The van der Waals surface area contributed by atoms with E-state index in [0.717, 1.165) is 18.0 Å². The molecule has 8 heteroatoms. The quantitative estimate of drug-likeness (QED) is 0.695. The Morgan fingerprint density at radius 2 is 2.20 bits per heavy atom. The number of aromatic nitrogens is 1. The summed E-state index contributed by atoms with van der Waals surface area (Å²) in [5.41, 5.74) is 3.72. The largest absolute Gasteiger partial charge is 0.253 e. The van der Waals surface area contributed by atoms with E-state index in [4.69, 9.17) is 0 Å². The summed E-state index contributed by atoms with van der Waals surface area (Å²) in [5, 5.41) is 6.31. The highest BCUT2D eigenvalue weighted by Crippen LogP contribution is 2.18. The van der Waals surface area contributed by atoms with E-state index in [1.54, 1.807) is 0 Å². The van der Waals surface area contributed by atoms with Crippen molar-refractivity contribution >= 4 is 32.5 Å². The average Bonchev–Trinajstić information content (AvgIpc) is 2.73. The lowest BCUT2D eigenvalue weighted by Gasteiger charge is -2.04. The van der Waals surface area contributed by atoms with E-state index in [2.05, 4.69) is 15.5 Å². The van der Waals surface area contributed by atoms with Crippen molar-refractivity contribution in [3.63, 3.8) is 0 Å². The number of hydrogen-bond donors (Lipinski definition) is 1. The molecule has 1 heterocycles. The number of hydrogen-bond acceptors (Lipinski definition) is 6. The molecule has 2 aromatic rings. The molecule has 1 aromatic carbocycles. The maximum atomic E-state index is 13.6. The third-order valence-electron chi connectivity index (χ3n) is 2.35. The highest BCUT2D eigenvalue weighted by Gasteiger charge is 2.17. The number of benzene rings is 1. The Bertz CT molecular complexity index is 754. The highest BCUT2D eigenvalue weighted by molar-refractivity contribution is 7.90. The number of aryl methyl sites for hydroxylation is 1. The van der Waals surface area contributed by atoms with Crippen molar-refractivity contribution in [3.05, 3.63) is 40.7 Å². The van der Waals surface area contributed by atoms with Gasteiger partial charge in [0.05, 0.1) is 11.9 Å². The van der Waals surface area contributed by atoms with Gasteiger partial charge in [-0.3, -0.25) is 5.43 Å². The molecule has 0 aliphatic carbocycles. The van der Waals surface area contributed by atoms with Crippen LogP contribution in [0.1, 0.15) is 11.3 Å². The van der Waals surface area contributed by atoms with Crippen LogP contribution in [0.3, 0.4) is 0 Å². The van der Waals surface area contributed by atoms with Gasteiger partial charge in [-0.25, -0.2) is 17.8 Å². The maximum absolute atomic E-state index is 13.6. The predicted molar refractivity (Wildman–Crippen MR) is 77.6 cm³/mol. The van der Waals surface area contributed by atoms with Gasteiger partial charge in [-0.15, -0.1) is 11.3 Å². The van der Waals surface area contributed by atoms with E-state index in [-0.39, 0.29) is 10.5 Å². The Balaban J connectivity index is 2.28. The first-order valence-electron chi connectivity index (χ1n) is 5.57. The third kappa shape index (κ3) is 3.40. The lowest BCUT2D eigenvalue weighted by atomic mass is 10.2. The summed E-state index contributed by atoms with van der Waals surface area (Å²) < 4.78 is 36.8. The summed E-state index contributed by atoms with van der Waals surface area (Å²) in [6, 6.07) is 4.02. The van der Waals surface area contributed by atoms with E-state index in [1.165, 1.54) is 29.7 Å². The highest BCUT2D eigenvalue weighted by atomic mass is 32.2. The van der Waals surface area contributed by atoms with E-state index < -0.39 is 15.7 Å². The van der Waals surface area contributed by atoms with Crippen LogP contribution in [0.4, 0.5) is 9.52 Å². The van der Waals surface area contributed by atoms with E-state index in [1.807, 2.05) is 12.3 Å². The molecule has 0 bridgehead atoms. The summed E-state index contributed by atoms with van der Waals surface area (Å²) in [4.78, 5) is 3.77. The molecule has 0 atom stereocenters. The van der Waals surface area contributed by atoms with E-state index >= 15 is 0 Å². The molecular formula is C12H12FN3O2S2. The first-order chi connectivity index (χ1) is 9.38. The minimum absolute atomic E-state index is 0.188. The predicted octanol–water partition coefficient (Wildman–Crippen LogP) is 2.44. The van der Waals surface area contributed by atoms with Crippen molar-refractivity contribution in [1.82, 2.24) is 4.98 Å². The first kappa shape index (κ1) is 14.6. The van der Waals surface area contributed by atoms with Crippen LogP contribution in [0.2, 0.25) is 0 Å². The summed E-state index contributed by atoms with van der Waals surface area (Å²) in [6.07, 6.45) is 2.22. The molecule has 0 fully saturated rings. The summed E-state index contributed by atoms with van der Waals surface area (Å²) in [6.45, 7) is 1.85. The molecule has 0 amide bonds. The second-order valence-corrected chi connectivity index (χ2v) is 6.91. The number of thiazole rings is 1. The van der Waals surface area contributed by atoms with Gasteiger partial charge in [0.25, 0.3) is 0 Å². The molecule has 20 heavy (non-hydrogen) atoms. The lowest BCUT2D eigenvalue weighted by molar-refractivity contribution is 0.570. The first-order valence-corrected chi connectivity index (χ1v) is 8.35. The fourth-order valence-corrected chi connectivity index (χ4v) is 3.19. The van der Waals surface area contributed by atoms with Crippen molar-refractivity contribution < 1.29 is 12.8 Å². The molecule has 0 unspecified atom stereocenters. The van der Waals surface area contributed by atoms with Crippen LogP contribution in [0.25, 0.3) is 0 Å². The van der Waals surface area contributed by atoms with Crippen LogP contribution in [-0.4, -0.2) is 25.9 Å². The fraction of sp³-hybridized carbons (Fsp3) is 0.167. The Morgan fingerprint density at radius 3 is 2.80 bits per heavy atom. The fourth-order valence-electron chi connectivity index (χ4n) is 1.58. The van der Waals surface area contributed by atoms with Gasteiger partial charge in [-0.1, -0.05) is 12.1 Å². The Hall–Kier alpha value is -1.80. The molecule has 5 nitrogen and oxygen atoms in total. The molecule has 0 aliphatic rings. The second-order valence-electron chi connectivity index (χ2n) is 4.09. The normalized spacial score (nSPS) is 11.9. The second kappa shape index (κ2) is 5.68. The van der Waals surface area contributed by atoms with Gasteiger partial charge >= 0.3 is 0 Å². The van der Waals surface area contributed by atoms with Crippen LogP contribution < -0.4 is 5.43 Å². The number of nitrogens with zero attached hydrogens (tertiary/aromatic N) is 2. The minimum atomic E-state index is -3.66. The number of anilines is 1. The van der Waals surface area contributed by atoms with Crippen molar-refractivity contribution in [2.24, 2.45) is 5.10 Å². The van der Waals surface area contributed by atoms with Gasteiger partial charge in [0, 0.05) is 17.2 Å². The van der Waals surface area contributed by atoms with Gasteiger partial charge < -0.3 is 0 Å². The van der Waals surface area contributed by atoms with Crippen molar-refractivity contribution in [2.75, 3.05) is 11.7 Å². The van der Waals surface area contributed by atoms with Gasteiger partial charge in [0.15, 0.2) is 9.84 Å². The Morgan fingerprint density at radius 1 is 1.45 bits per heavy atom. The molecule has 0 saturated heterocycles. The molecule has 0 radical (unpaired) electrons. The van der Waals surface area contributed by atoms with Crippen molar-refractivity contribution in [2.45, 2.75) is 11.8 Å². The van der Waals surface area contributed by atoms with Crippen LogP contribution in [0.5, 0.6) is 0 Å². The van der Waals surface area contributed by atoms with Gasteiger partial charge in [0.1, 0.15) is 10.7 Å². The SMILES string of the molecule is Cc1csc(NN=Cc2cccc(F)c2S(C)(=O)=O)n1. The van der Waals surface area contributed by atoms with Crippen LogP contribution >= 0.6 is 11.3 Å². The summed E-state index contributed by atoms with van der Waals surface area (Å²) in [5.74, 6) is -0.790. The molecule has 1 N–H and O–H groups in total. The van der Waals surface area contributed by atoms with Gasteiger partial charge in [-0.05, 0) is 13.0 Å². The number of nitrogens with one attached hydrogen (secondary N) is 1. The van der Waals surface area contributed by atoms with E-state index in [0.29, 0.717) is 5.13 Å². The molecule has 0 spiro atoms. The third-order valence-corrected chi connectivity index (χ3v) is 4.39. The van der Waals surface area contributed by atoms with Crippen molar-refractivity contribution in [1.29, 1.82) is 0 Å². The zero-order valence-corrected chi connectivity index (χ0v) is 12.4. The zero-order chi connectivity index (χ0) is 14.8. The number of sulfone groups is 1. The smallest absolute Gasteiger partial charge is 0.203 e. The topological polar surface area (TPSA) is 71.4 Å². The molecule has 0 saturated carbocycles. The summed E-state index contributed by atoms with van der Waals surface area (Å²) in [7, 11) is -3.66. The standard InChI is InChI=1S/C12H12FN3O2S2/c1-8-7-19-12(15-8)16-14-6-9-4-3-5-10(13)11(9)20(2,17)18/h3-7H,1-2H3,(H,15,16). The van der Waals surface area contributed by atoms with Crippen LogP contribution in [0.15, 0.2) is 33.6 Å². The molecule has 2 rings (SSSR count). The molecule has 1 aromatic heterocycles. The monoisotopic (exact) mass is 313 g/mol.